The number of halogens is 1. The Kier molecular flexibility index (Phi) is 6.90. The van der Waals surface area contributed by atoms with Crippen molar-refractivity contribution in [3.63, 3.8) is 0 Å². The molecule has 0 bridgehead atoms. The van der Waals surface area contributed by atoms with E-state index in [1.54, 1.807) is 6.92 Å². The summed E-state index contributed by atoms with van der Waals surface area (Å²) >= 11 is 3.38. The first-order valence-electron chi connectivity index (χ1n) is 6.94. The third kappa shape index (κ3) is 3.81. The van der Waals surface area contributed by atoms with Crippen LogP contribution in [0.15, 0.2) is 0 Å². The Morgan fingerprint density at radius 3 is 2.72 bits per heavy atom. The molecule has 1 unspecified atom stereocenters. The maximum Gasteiger partial charge on any atom is 0.319 e. The lowest BCUT2D eigenvalue weighted by Gasteiger charge is -2.31. The first kappa shape index (κ1) is 15.7. The van der Waals surface area contributed by atoms with Gasteiger partial charge in [-0.1, -0.05) is 35.2 Å². The molecule has 0 spiro atoms. The van der Waals surface area contributed by atoms with E-state index in [0.717, 1.165) is 37.4 Å². The standard InChI is InChI=1S/C14H23BrO3/c1-2-18-13(17)14(10-7-11-15)9-6-4-3-5-8-12(14)16/h2-11H2,1H3. The highest BCUT2D eigenvalue weighted by Gasteiger charge is 2.45. The van der Waals surface area contributed by atoms with Crippen molar-refractivity contribution >= 4 is 27.7 Å². The maximum absolute atomic E-state index is 12.4. The first-order valence-corrected chi connectivity index (χ1v) is 8.06. The molecule has 0 aromatic heterocycles. The topological polar surface area (TPSA) is 43.4 Å². The highest BCUT2D eigenvalue weighted by atomic mass is 79.9. The van der Waals surface area contributed by atoms with Crippen molar-refractivity contribution in [2.75, 3.05) is 11.9 Å². The van der Waals surface area contributed by atoms with E-state index < -0.39 is 5.41 Å². The minimum absolute atomic E-state index is 0.0987. The smallest absolute Gasteiger partial charge is 0.319 e. The van der Waals surface area contributed by atoms with Gasteiger partial charge >= 0.3 is 5.97 Å². The van der Waals surface area contributed by atoms with Gasteiger partial charge in [0.1, 0.15) is 11.2 Å². The molecule has 1 fully saturated rings. The van der Waals surface area contributed by atoms with Gasteiger partial charge in [-0.05, 0) is 32.6 Å². The number of hydrogen-bond donors (Lipinski definition) is 0. The zero-order valence-corrected chi connectivity index (χ0v) is 12.8. The van der Waals surface area contributed by atoms with Crippen LogP contribution in [0, 0.1) is 5.41 Å². The molecule has 0 saturated heterocycles. The summed E-state index contributed by atoms with van der Waals surface area (Å²) in [6, 6.07) is 0. The summed E-state index contributed by atoms with van der Waals surface area (Å²) in [5, 5.41) is 0.821. The van der Waals surface area contributed by atoms with Crippen LogP contribution in [0.2, 0.25) is 0 Å². The summed E-state index contributed by atoms with van der Waals surface area (Å²) in [6.45, 7) is 2.14. The summed E-state index contributed by atoms with van der Waals surface area (Å²) in [4.78, 5) is 24.6. The second-order valence-corrected chi connectivity index (χ2v) is 5.73. The molecule has 18 heavy (non-hydrogen) atoms. The lowest BCUT2D eigenvalue weighted by molar-refractivity contribution is -0.162. The second-order valence-electron chi connectivity index (χ2n) is 4.93. The van der Waals surface area contributed by atoms with Gasteiger partial charge in [-0.15, -0.1) is 0 Å². The molecular formula is C14H23BrO3. The van der Waals surface area contributed by atoms with Crippen molar-refractivity contribution in [1.82, 2.24) is 0 Å². The Bertz CT molecular complexity index is 277. The van der Waals surface area contributed by atoms with Crippen molar-refractivity contribution in [3.05, 3.63) is 0 Å². The van der Waals surface area contributed by atoms with Gasteiger partial charge in [0.15, 0.2) is 0 Å². The molecule has 104 valence electrons. The van der Waals surface area contributed by atoms with Gasteiger partial charge in [0.2, 0.25) is 0 Å². The number of carbonyl (C=O) groups excluding carboxylic acids is 2. The van der Waals surface area contributed by atoms with Gasteiger partial charge in [-0.3, -0.25) is 9.59 Å². The summed E-state index contributed by atoms with van der Waals surface area (Å²) in [6.07, 6.45) is 6.73. The molecule has 0 N–H and O–H groups in total. The summed E-state index contributed by atoms with van der Waals surface area (Å²) in [7, 11) is 0. The molecular weight excluding hydrogens is 296 g/mol. The monoisotopic (exact) mass is 318 g/mol. The van der Waals surface area contributed by atoms with E-state index in [-0.39, 0.29) is 11.8 Å². The van der Waals surface area contributed by atoms with Crippen LogP contribution in [0.3, 0.4) is 0 Å². The fourth-order valence-electron chi connectivity index (χ4n) is 2.66. The molecule has 1 rings (SSSR count). The van der Waals surface area contributed by atoms with Gasteiger partial charge < -0.3 is 4.74 Å². The number of alkyl halides is 1. The highest BCUT2D eigenvalue weighted by Crippen LogP contribution is 2.37. The molecule has 0 aliphatic heterocycles. The van der Waals surface area contributed by atoms with Crippen LogP contribution in [0.25, 0.3) is 0 Å². The van der Waals surface area contributed by atoms with Crippen LogP contribution >= 0.6 is 15.9 Å². The Hall–Kier alpha value is -0.380. The number of ether oxygens (including phenoxy) is 1. The molecule has 4 heteroatoms. The predicted molar refractivity (Wildman–Crippen MR) is 74.8 cm³/mol. The number of rotatable bonds is 5. The number of esters is 1. The Balaban J connectivity index is 2.89. The molecule has 0 radical (unpaired) electrons. The van der Waals surface area contributed by atoms with Gasteiger partial charge in [0.05, 0.1) is 6.61 Å². The SMILES string of the molecule is CCOC(=O)C1(CCCBr)CCCCCCC1=O. The van der Waals surface area contributed by atoms with E-state index in [1.165, 1.54) is 0 Å². The summed E-state index contributed by atoms with van der Waals surface area (Å²) in [5.41, 5.74) is -0.857. The minimum Gasteiger partial charge on any atom is -0.465 e. The average molecular weight is 319 g/mol. The maximum atomic E-state index is 12.4. The fraction of sp³-hybridized carbons (Fsp3) is 0.857. The molecule has 3 nitrogen and oxygen atoms in total. The summed E-state index contributed by atoms with van der Waals surface area (Å²) in [5.74, 6) is -0.195. The molecule has 1 aliphatic carbocycles. The van der Waals surface area contributed by atoms with Crippen LogP contribution in [-0.2, 0) is 14.3 Å². The largest absolute Gasteiger partial charge is 0.465 e. The van der Waals surface area contributed by atoms with Crippen molar-refractivity contribution in [2.45, 2.75) is 58.3 Å². The van der Waals surface area contributed by atoms with Crippen molar-refractivity contribution in [3.8, 4) is 0 Å². The normalized spacial score (nSPS) is 25.3. The van der Waals surface area contributed by atoms with Crippen LogP contribution in [0.1, 0.15) is 58.3 Å². The fourth-order valence-corrected chi connectivity index (χ4v) is 2.95. The number of hydrogen-bond acceptors (Lipinski definition) is 3. The van der Waals surface area contributed by atoms with Crippen LogP contribution in [-0.4, -0.2) is 23.7 Å². The Morgan fingerprint density at radius 2 is 2.06 bits per heavy atom. The molecule has 1 aliphatic rings. The molecule has 0 amide bonds. The molecule has 0 heterocycles. The van der Waals surface area contributed by atoms with E-state index in [1.807, 2.05) is 0 Å². The van der Waals surface area contributed by atoms with E-state index >= 15 is 0 Å². The van der Waals surface area contributed by atoms with Crippen molar-refractivity contribution < 1.29 is 14.3 Å². The van der Waals surface area contributed by atoms with Gasteiger partial charge in [-0.2, -0.15) is 0 Å². The summed E-state index contributed by atoms with van der Waals surface area (Å²) < 4.78 is 5.17. The average Bonchev–Trinajstić information content (AvgIpc) is 2.34. The van der Waals surface area contributed by atoms with E-state index in [0.29, 0.717) is 25.9 Å². The Morgan fingerprint density at radius 1 is 1.33 bits per heavy atom. The van der Waals surface area contributed by atoms with Crippen LogP contribution in [0.4, 0.5) is 0 Å². The van der Waals surface area contributed by atoms with Gasteiger partial charge in [-0.25, -0.2) is 0 Å². The Labute approximate surface area is 118 Å². The van der Waals surface area contributed by atoms with Crippen molar-refractivity contribution in [1.29, 1.82) is 0 Å². The van der Waals surface area contributed by atoms with Gasteiger partial charge in [0, 0.05) is 11.8 Å². The zero-order chi connectivity index (χ0) is 13.4. The zero-order valence-electron chi connectivity index (χ0n) is 11.2. The third-order valence-corrected chi connectivity index (χ3v) is 4.26. The van der Waals surface area contributed by atoms with Crippen LogP contribution in [0.5, 0.6) is 0 Å². The van der Waals surface area contributed by atoms with E-state index in [2.05, 4.69) is 15.9 Å². The van der Waals surface area contributed by atoms with Gasteiger partial charge in [0.25, 0.3) is 0 Å². The quantitative estimate of drug-likeness (QED) is 0.441. The van der Waals surface area contributed by atoms with Crippen molar-refractivity contribution in [2.24, 2.45) is 5.41 Å². The highest BCUT2D eigenvalue weighted by molar-refractivity contribution is 9.09. The minimum atomic E-state index is -0.857. The first-order chi connectivity index (χ1) is 8.67. The molecule has 1 atom stereocenters. The molecule has 0 aromatic rings. The number of Topliss-reactive ketones (excluding diaryl/α,β-unsaturated/α-hetero) is 1. The lowest BCUT2D eigenvalue weighted by atomic mass is 9.72. The number of ketones is 1. The van der Waals surface area contributed by atoms with Crippen LogP contribution < -0.4 is 0 Å². The van der Waals surface area contributed by atoms with E-state index in [4.69, 9.17) is 4.74 Å². The lowest BCUT2D eigenvalue weighted by Crippen LogP contribution is -2.41. The molecule has 1 saturated carbocycles. The third-order valence-electron chi connectivity index (χ3n) is 3.69. The van der Waals surface area contributed by atoms with E-state index in [9.17, 15) is 9.59 Å². The number of carbonyl (C=O) groups is 2. The second kappa shape index (κ2) is 7.93. The molecule has 0 aromatic carbocycles. The predicted octanol–water partition coefficient (Wildman–Crippen LogP) is 3.63.